The van der Waals surface area contributed by atoms with Gasteiger partial charge in [-0.15, -0.1) is 0 Å². The third-order valence-corrected chi connectivity index (χ3v) is 4.16. The summed E-state index contributed by atoms with van der Waals surface area (Å²) in [4.78, 5) is 5.14. The van der Waals surface area contributed by atoms with Gasteiger partial charge in [0.05, 0.1) is 0 Å². The fourth-order valence-corrected chi connectivity index (χ4v) is 2.77. The highest BCUT2D eigenvalue weighted by Gasteiger charge is 2.31. The Morgan fingerprint density at radius 3 is 2.17 bits per heavy atom. The standard InChI is InChI=1S/C15H23N3/c1-12(16)13-2-4-14(5-3-13)17-8-10-18(11-9-17)15-6-7-15/h2-5,12,15H,6-11,16H2,1H3. The molecule has 98 valence electrons. The lowest BCUT2D eigenvalue weighted by Crippen LogP contribution is -2.47. The molecule has 1 aliphatic carbocycles. The van der Waals surface area contributed by atoms with Crippen LogP contribution in [0.1, 0.15) is 31.4 Å². The van der Waals surface area contributed by atoms with Crippen LogP contribution in [0.2, 0.25) is 0 Å². The van der Waals surface area contributed by atoms with Crippen molar-refractivity contribution in [2.75, 3.05) is 31.1 Å². The zero-order valence-corrected chi connectivity index (χ0v) is 11.2. The molecule has 3 heteroatoms. The molecule has 0 spiro atoms. The summed E-state index contributed by atoms with van der Waals surface area (Å²) < 4.78 is 0. The van der Waals surface area contributed by atoms with Gasteiger partial charge in [0.25, 0.3) is 0 Å². The second kappa shape index (κ2) is 4.90. The summed E-state index contributed by atoms with van der Waals surface area (Å²) in [6.45, 7) is 6.80. The number of nitrogens with two attached hydrogens (primary N) is 1. The van der Waals surface area contributed by atoms with Crippen molar-refractivity contribution in [3.8, 4) is 0 Å². The van der Waals surface area contributed by atoms with Crippen molar-refractivity contribution < 1.29 is 0 Å². The molecule has 0 amide bonds. The molecule has 18 heavy (non-hydrogen) atoms. The van der Waals surface area contributed by atoms with E-state index in [4.69, 9.17) is 5.73 Å². The van der Waals surface area contributed by atoms with Crippen LogP contribution < -0.4 is 10.6 Å². The minimum Gasteiger partial charge on any atom is -0.369 e. The molecule has 0 bridgehead atoms. The minimum absolute atomic E-state index is 0.130. The van der Waals surface area contributed by atoms with Gasteiger partial charge in [-0.3, -0.25) is 4.90 Å². The van der Waals surface area contributed by atoms with Crippen molar-refractivity contribution in [1.29, 1.82) is 0 Å². The van der Waals surface area contributed by atoms with E-state index < -0.39 is 0 Å². The average molecular weight is 245 g/mol. The Balaban J connectivity index is 1.61. The van der Waals surface area contributed by atoms with E-state index in [0.29, 0.717) is 0 Å². The molecule has 1 atom stereocenters. The van der Waals surface area contributed by atoms with Gasteiger partial charge in [-0.2, -0.15) is 0 Å². The Bertz CT molecular complexity index is 387. The third kappa shape index (κ3) is 2.52. The van der Waals surface area contributed by atoms with Gasteiger partial charge in [-0.1, -0.05) is 12.1 Å². The van der Waals surface area contributed by atoms with E-state index in [9.17, 15) is 0 Å². The Morgan fingerprint density at radius 2 is 1.67 bits per heavy atom. The molecule has 1 aromatic rings. The van der Waals surface area contributed by atoms with Crippen LogP contribution in [0.5, 0.6) is 0 Å². The molecule has 1 saturated heterocycles. The van der Waals surface area contributed by atoms with Gasteiger partial charge < -0.3 is 10.6 Å². The molecule has 0 radical (unpaired) electrons. The molecule has 1 aromatic carbocycles. The second-order valence-corrected chi connectivity index (χ2v) is 5.63. The predicted molar refractivity (Wildman–Crippen MR) is 75.9 cm³/mol. The molecule has 0 aromatic heterocycles. The first-order chi connectivity index (χ1) is 8.74. The Labute approximate surface area is 110 Å². The lowest BCUT2D eigenvalue weighted by atomic mass is 10.1. The van der Waals surface area contributed by atoms with Crippen molar-refractivity contribution in [3.63, 3.8) is 0 Å². The van der Waals surface area contributed by atoms with Crippen molar-refractivity contribution in [2.45, 2.75) is 31.8 Å². The summed E-state index contributed by atoms with van der Waals surface area (Å²) in [5.41, 5.74) is 8.44. The lowest BCUT2D eigenvalue weighted by Gasteiger charge is -2.36. The molecule has 2 aliphatic rings. The minimum atomic E-state index is 0.130. The quantitative estimate of drug-likeness (QED) is 0.884. The van der Waals surface area contributed by atoms with E-state index in [-0.39, 0.29) is 6.04 Å². The van der Waals surface area contributed by atoms with E-state index in [2.05, 4.69) is 34.1 Å². The van der Waals surface area contributed by atoms with Crippen LogP contribution in [0.4, 0.5) is 5.69 Å². The molecule has 3 nitrogen and oxygen atoms in total. The highest BCUT2D eigenvalue weighted by molar-refractivity contribution is 5.48. The van der Waals surface area contributed by atoms with Crippen LogP contribution in [0.25, 0.3) is 0 Å². The van der Waals surface area contributed by atoms with Crippen LogP contribution in [0, 0.1) is 0 Å². The summed E-state index contributed by atoms with van der Waals surface area (Å²) >= 11 is 0. The van der Waals surface area contributed by atoms with Crippen molar-refractivity contribution in [2.24, 2.45) is 5.73 Å². The molecule has 1 saturated carbocycles. The van der Waals surface area contributed by atoms with E-state index in [1.165, 1.54) is 37.2 Å². The predicted octanol–water partition coefficient (Wildman–Crippen LogP) is 1.99. The molecule has 3 rings (SSSR count). The highest BCUT2D eigenvalue weighted by atomic mass is 15.3. The fourth-order valence-electron chi connectivity index (χ4n) is 2.77. The van der Waals surface area contributed by atoms with E-state index >= 15 is 0 Å². The zero-order chi connectivity index (χ0) is 12.5. The van der Waals surface area contributed by atoms with Gasteiger partial charge >= 0.3 is 0 Å². The molecule has 1 aliphatic heterocycles. The number of rotatable bonds is 3. The Morgan fingerprint density at radius 1 is 1.06 bits per heavy atom. The number of anilines is 1. The SMILES string of the molecule is CC(N)c1ccc(N2CCN(C3CC3)CC2)cc1. The zero-order valence-electron chi connectivity index (χ0n) is 11.2. The van der Waals surface area contributed by atoms with E-state index in [1.807, 2.05) is 6.92 Å². The van der Waals surface area contributed by atoms with Gasteiger partial charge in [0.15, 0.2) is 0 Å². The van der Waals surface area contributed by atoms with Crippen molar-refractivity contribution in [1.82, 2.24) is 4.90 Å². The topological polar surface area (TPSA) is 32.5 Å². The first-order valence-corrected chi connectivity index (χ1v) is 7.08. The molecular weight excluding hydrogens is 222 g/mol. The van der Waals surface area contributed by atoms with Gasteiger partial charge in [0.2, 0.25) is 0 Å². The molecular formula is C15H23N3. The molecule has 2 N–H and O–H groups in total. The van der Waals surface area contributed by atoms with Gasteiger partial charge in [-0.05, 0) is 37.5 Å². The molecule has 1 heterocycles. The number of nitrogens with zero attached hydrogens (tertiary/aromatic N) is 2. The number of benzene rings is 1. The first-order valence-electron chi connectivity index (χ1n) is 7.08. The monoisotopic (exact) mass is 245 g/mol. The van der Waals surface area contributed by atoms with Crippen molar-refractivity contribution >= 4 is 5.69 Å². The average Bonchev–Trinajstić information content (AvgIpc) is 3.23. The number of hydrogen-bond donors (Lipinski definition) is 1. The van der Waals surface area contributed by atoms with Crippen molar-refractivity contribution in [3.05, 3.63) is 29.8 Å². The number of piperazine rings is 1. The summed E-state index contributed by atoms with van der Waals surface area (Å²) in [5, 5.41) is 0. The third-order valence-electron chi connectivity index (χ3n) is 4.16. The molecule has 2 fully saturated rings. The van der Waals surface area contributed by atoms with Crippen LogP contribution in [0.15, 0.2) is 24.3 Å². The fraction of sp³-hybridized carbons (Fsp3) is 0.600. The first kappa shape index (κ1) is 12.0. The smallest absolute Gasteiger partial charge is 0.0367 e. The van der Waals surface area contributed by atoms with Crippen LogP contribution in [-0.4, -0.2) is 37.1 Å². The normalized spacial score (nSPS) is 23.1. The molecule has 1 unspecified atom stereocenters. The Hall–Kier alpha value is -1.06. The summed E-state index contributed by atoms with van der Waals surface area (Å²) in [6, 6.07) is 9.79. The van der Waals surface area contributed by atoms with Crippen LogP contribution in [0.3, 0.4) is 0 Å². The second-order valence-electron chi connectivity index (χ2n) is 5.63. The van der Waals surface area contributed by atoms with E-state index in [1.54, 1.807) is 0 Å². The largest absolute Gasteiger partial charge is 0.369 e. The van der Waals surface area contributed by atoms with Crippen LogP contribution >= 0.6 is 0 Å². The maximum atomic E-state index is 5.88. The summed E-state index contributed by atoms with van der Waals surface area (Å²) in [6.07, 6.45) is 2.84. The van der Waals surface area contributed by atoms with E-state index in [0.717, 1.165) is 19.1 Å². The van der Waals surface area contributed by atoms with Crippen LogP contribution in [-0.2, 0) is 0 Å². The number of hydrogen-bond acceptors (Lipinski definition) is 3. The Kier molecular flexibility index (Phi) is 3.27. The van der Waals surface area contributed by atoms with Gasteiger partial charge in [0, 0.05) is 44.0 Å². The van der Waals surface area contributed by atoms with Gasteiger partial charge in [-0.25, -0.2) is 0 Å². The maximum Gasteiger partial charge on any atom is 0.0367 e. The summed E-state index contributed by atoms with van der Waals surface area (Å²) in [5.74, 6) is 0. The highest BCUT2D eigenvalue weighted by Crippen LogP contribution is 2.28. The lowest BCUT2D eigenvalue weighted by molar-refractivity contribution is 0.248. The summed E-state index contributed by atoms with van der Waals surface area (Å²) in [7, 11) is 0. The van der Waals surface area contributed by atoms with Gasteiger partial charge in [0.1, 0.15) is 0 Å². The maximum absolute atomic E-state index is 5.88.